The zero-order valence-electron chi connectivity index (χ0n) is 44.9. The van der Waals surface area contributed by atoms with Crippen LogP contribution in [0.4, 0.5) is 71.4 Å². The maximum absolute atomic E-state index is 5.86. The van der Waals surface area contributed by atoms with Gasteiger partial charge in [0.25, 0.3) is 0 Å². The molecule has 6 rings (SSSR count). The van der Waals surface area contributed by atoms with E-state index in [-0.39, 0.29) is 5.95 Å². The molecule has 0 radical (unpaired) electrons. The Morgan fingerprint density at radius 3 is 0.963 bits per heavy atom. The molecule has 0 aromatic carbocycles. The van der Waals surface area contributed by atoms with E-state index < -0.39 is 0 Å². The lowest BCUT2D eigenvalue weighted by Gasteiger charge is -2.11. The number of aryl methyl sites for hydroxylation is 1. The predicted molar refractivity (Wildman–Crippen MR) is 340 cm³/mol. The topological polar surface area (TPSA) is 467 Å². The van der Waals surface area contributed by atoms with Crippen molar-refractivity contribution in [3.63, 3.8) is 0 Å². The number of hydrogen-bond acceptors (Lipinski definition) is 36. The van der Waals surface area contributed by atoms with Crippen LogP contribution in [0.15, 0.2) is 25.0 Å². The molecule has 0 aliphatic rings. The number of nitrogens with two attached hydrogens (primary N) is 1. The smallest absolute Gasteiger partial charge is 0.229 e. The first-order valence-electron chi connectivity index (χ1n) is 25.8. The van der Waals surface area contributed by atoms with Gasteiger partial charge in [-0.3, -0.25) is 49.9 Å². The summed E-state index contributed by atoms with van der Waals surface area (Å²) in [5, 5.41) is 35.0. The predicted octanol–water partition coefficient (Wildman–Crippen LogP) is -2.53. The first kappa shape index (κ1) is 63.9. The fourth-order valence-corrected chi connectivity index (χ4v) is 7.08. The van der Waals surface area contributed by atoms with E-state index in [0.29, 0.717) is 239 Å². The molecule has 0 saturated carbocycles. The molecule has 6 heterocycles. The zero-order chi connectivity index (χ0) is 58.0. The van der Waals surface area contributed by atoms with Crippen molar-refractivity contribution in [1.29, 1.82) is 0 Å². The Kier molecular flexibility index (Phi) is 28.8. The lowest BCUT2D eigenvalue weighted by Crippen LogP contribution is -2.38. The highest BCUT2D eigenvalue weighted by Gasteiger charge is 2.10. The molecule has 0 aliphatic carbocycles. The largest absolute Gasteiger partial charge is 0.368 e. The van der Waals surface area contributed by atoms with E-state index >= 15 is 0 Å². The molecule has 0 atom stereocenters. The van der Waals surface area contributed by atoms with Crippen molar-refractivity contribution in [2.75, 3.05) is 203 Å². The van der Waals surface area contributed by atoms with Gasteiger partial charge in [0.2, 0.25) is 99.5 Å². The Balaban J connectivity index is 1.04. The second-order valence-corrected chi connectivity index (χ2v) is 18.9. The van der Waals surface area contributed by atoms with E-state index in [1.807, 2.05) is 0 Å². The Bertz CT molecular complexity index is 3220. The number of aromatic amines is 5. The molecular weight excluding hydrogens is 1180 g/mol. The highest BCUT2D eigenvalue weighted by atomic mass is 32.1. The summed E-state index contributed by atoms with van der Waals surface area (Å²) in [6, 6.07) is 0. The molecule has 0 bridgehead atoms. The van der Waals surface area contributed by atoms with Crippen molar-refractivity contribution < 1.29 is 0 Å². The number of hydrogen-bond donors (Lipinski definition) is 23. The molecule has 35 nitrogen and oxygen atoms in total. The molecule has 446 valence electrons. The van der Waals surface area contributed by atoms with Crippen LogP contribution in [0.25, 0.3) is 0 Å². The van der Waals surface area contributed by atoms with E-state index in [0.717, 1.165) is 0 Å². The molecule has 0 aliphatic heterocycles. The quantitative estimate of drug-likeness (QED) is 0.0140. The molecule has 0 saturated heterocycles. The van der Waals surface area contributed by atoms with Gasteiger partial charge in [-0.2, -0.15) is 141 Å². The third-order valence-corrected chi connectivity index (χ3v) is 11.1. The van der Waals surface area contributed by atoms with Crippen molar-refractivity contribution >= 4 is 147 Å². The Morgan fingerprint density at radius 1 is 0.305 bits per heavy atom. The van der Waals surface area contributed by atoms with Crippen LogP contribution >= 0.6 is 75.8 Å². The van der Waals surface area contributed by atoms with Crippen molar-refractivity contribution in [3.05, 3.63) is 33.9 Å². The summed E-state index contributed by atoms with van der Waals surface area (Å²) in [5.74, 6) is 8.39. The normalized spacial score (nSPS) is 12.4. The fourth-order valence-electron chi connectivity index (χ4n) is 6.43. The number of thiol groups is 6. The third kappa shape index (κ3) is 24.5. The molecule has 0 fully saturated rings. The van der Waals surface area contributed by atoms with Gasteiger partial charge in [-0.05, 0) is 6.92 Å². The first-order chi connectivity index (χ1) is 40.1. The fraction of sp³-hybridized carbons (Fsp3) is 0.561. The van der Waals surface area contributed by atoms with Crippen LogP contribution in [0.2, 0.25) is 0 Å². The highest BCUT2D eigenvalue weighted by Crippen LogP contribution is 2.12. The Hall–Kier alpha value is -7.24. The van der Waals surface area contributed by atoms with Crippen LogP contribution in [0.5, 0.6) is 0 Å². The standard InChI is InChI=1S/C41H71N35S6/c1-24-59-26(63-27(60-24)53-12-18-77)43-2-4-45-30-65-32(71-38(69-30)55-14-20-79)47-6-8-49-34-67-36(75-40(73-34)57-16-22-81)51-10-11-52-37-68-35(74-41(76-37)58-17-23-82)50-9-7-48-33-66-31(70-39(72-33)56-15-21-80)46-5-3-44-28-61-25(42)62-29(64-28)54-13-19-78/h77-82H,2-23H2,1H3,(H2,43,53,59,60,63)(H4,42,44,54,61,62,64)(H3,45,47,55,65,69,71)(H3,46,48,56,66,70,72)(H3,49,51,57,67,73,75)(H3,50,52,58,68,74,76). The minimum atomic E-state index is 0.0906. The monoisotopic (exact) mass is 1250 g/mol. The van der Waals surface area contributed by atoms with E-state index in [2.05, 4.69) is 234 Å². The maximum Gasteiger partial charge on any atom is 0.229 e. The van der Waals surface area contributed by atoms with Gasteiger partial charge in [0.05, 0.1) is 32.7 Å². The van der Waals surface area contributed by atoms with Crippen LogP contribution in [-0.4, -0.2) is 229 Å². The molecular formula is C41H71N35S6. The van der Waals surface area contributed by atoms with Crippen molar-refractivity contribution in [2.24, 2.45) is 25.0 Å². The number of nitrogens with one attached hydrogen (secondary N) is 16. The van der Waals surface area contributed by atoms with Gasteiger partial charge in [-0.1, -0.05) is 0 Å². The van der Waals surface area contributed by atoms with E-state index in [1.165, 1.54) is 0 Å². The number of nitrogens with zero attached hydrogens (tertiary/aromatic N) is 18. The second kappa shape index (κ2) is 37.0. The molecule has 0 amide bonds. The highest BCUT2D eigenvalue weighted by molar-refractivity contribution is 7.81. The van der Waals surface area contributed by atoms with Gasteiger partial charge in [-0.15, -0.1) is 0 Å². The van der Waals surface area contributed by atoms with Gasteiger partial charge >= 0.3 is 0 Å². The summed E-state index contributed by atoms with van der Waals surface area (Å²) in [6.45, 7) is 8.93. The number of anilines is 12. The van der Waals surface area contributed by atoms with E-state index in [4.69, 9.17) is 20.7 Å². The number of nitrogen functional groups attached to an aromatic ring is 1. The van der Waals surface area contributed by atoms with Crippen LogP contribution in [-0.2, 0) is 0 Å². The molecule has 18 N–H and O–H groups in total. The second-order valence-electron chi connectivity index (χ2n) is 16.2. The number of aromatic nitrogens is 18. The average molecular weight is 1250 g/mol. The molecule has 0 spiro atoms. The number of rotatable bonds is 38. The van der Waals surface area contributed by atoms with Crippen molar-refractivity contribution in [2.45, 2.75) is 6.92 Å². The van der Waals surface area contributed by atoms with Gasteiger partial charge in [0, 0.05) is 107 Å². The van der Waals surface area contributed by atoms with Crippen LogP contribution in [0.1, 0.15) is 5.82 Å². The first-order valence-corrected chi connectivity index (χ1v) is 29.6. The van der Waals surface area contributed by atoms with E-state index in [1.54, 1.807) is 6.92 Å². The SMILES string of the molecule is Cc1nc(NCCS)nc(NCCNc2nc(NCCS)nc(NCCN=c3[nH]c(NCCN=c4[nH]c(=NCCS)[nH]c(=NCCNc5nc(NCCS)nc(NCCNc6nc(N)nc(NCCS)n6)n5)[nH]4)nc(=NCCS)[nH]3)n2)n1. The summed E-state index contributed by atoms with van der Waals surface area (Å²) in [7, 11) is 0. The molecule has 41 heteroatoms. The number of H-pyrrole nitrogens is 5. The van der Waals surface area contributed by atoms with Gasteiger partial charge in [-0.25, -0.2) is 0 Å². The van der Waals surface area contributed by atoms with E-state index in [9.17, 15) is 0 Å². The zero-order valence-corrected chi connectivity index (χ0v) is 50.2. The summed E-state index contributed by atoms with van der Waals surface area (Å²) in [6.07, 6.45) is 0. The lowest BCUT2D eigenvalue weighted by atomic mass is 10.6. The summed E-state index contributed by atoms with van der Waals surface area (Å²) in [4.78, 5) is 96.4. The van der Waals surface area contributed by atoms with Crippen LogP contribution in [0.3, 0.4) is 0 Å². The minimum absolute atomic E-state index is 0.0906. The molecule has 6 aromatic rings. The summed E-state index contributed by atoms with van der Waals surface area (Å²) >= 11 is 25.7. The van der Waals surface area contributed by atoms with Gasteiger partial charge < -0.3 is 64.2 Å². The lowest BCUT2D eigenvalue weighted by molar-refractivity contribution is 0.755. The maximum atomic E-state index is 5.86. The summed E-state index contributed by atoms with van der Waals surface area (Å²) in [5.41, 5.74) is 7.99. The Morgan fingerprint density at radius 2 is 0.598 bits per heavy atom. The van der Waals surface area contributed by atoms with Gasteiger partial charge in [0.15, 0.2) is 0 Å². The van der Waals surface area contributed by atoms with Gasteiger partial charge in [0.1, 0.15) is 5.82 Å². The van der Waals surface area contributed by atoms with Crippen molar-refractivity contribution in [1.82, 2.24) is 89.7 Å². The van der Waals surface area contributed by atoms with Crippen LogP contribution < -0.4 is 92.3 Å². The third-order valence-electron chi connectivity index (χ3n) is 9.76. The Labute approximate surface area is 503 Å². The minimum Gasteiger partial charge on any atom is -0.368 e. The average Bonchev–Trinajstić information content (AvgIpc) is 3.54. The molecule has 6 aromatic heterocycles. The van der Waals surface area contributed by atoms with Crippen LogP contribution in [0, 0.1) is 6.92 Å². The molecule has 0 unspecified atom stereocenters. The molecule has 82 heavy (non-hydrogen) atoms. The van der Waals surface area contributed by atoms with Crippen molar-refractivity contribution in [3.8, 4) is 0 Å². The summed E-state index contributed by atoms with van der Waals surface area (Å²) < 4.78 is 0.